The first-order valence-corrected chi connectivity index (χ1v) is 7.01. The van der Waals surface area contributed by atoms with Gasteiger partial charge in [0.25, 0.3) is 0 Å². The van der Waals surface area contributed by atoms with Crippen LogP contribution in [0.25, 0.3) is 0 Å². The number of nitrogens with one attached hydrogen (secondary N) is 1. The van der Waals surface area contributed by atoms with E-state index in [1.54, 1.807) is 14.2 Å². The molecule has 0 radical (unpaired) electrons. The van der Waals surface area contributed by atoms with E-state index in [4.69, 9.17) is 15.3 Å². The fraction of sp³-hybridized carbons (Fsp3) is 0.667. The van der Waals surface area contributed by atoms with E-state index < -0.39 is 0 Å². The van der Waals surface area contributed by atoms with Crippen molar-refractivity contribution in [2.75, 3.05) is 14.2 Å². The molecule has 0 saturated carbocycles. The lowest BCUT2D eigenvalue weighted by atomic mass is 10.0. The van der Waals surface area contributed by atoms with Crippen molar-refractivity contribution < 1.29 is 9.47 Å². The quantitative estimate of drug-likeness (QED) is 0.562. The molecule has 5 nitrogen and oxygen atoms in total. The highest BCUT2D eigenvalue weighted by Gasteiger charge is 2.15. The van der Waals surface area contributed by atoms with Crippen molar-refractivity contribution in [2.45, 2.75) is 52.2 Å². The predicted molar refractivity (Wildman–Crippen MR) is 80.8 cm³/mol. The molecule has 1 aromatic rings. The summed E-state index contributed by atoms with van der Waals surface area (Å²) in [6.45, 7) is 6.10. The van der Waals surface area contributed by atoms with Crippen LogP contribution in [0.3, 0.4) is 0 Å². The number of hydrogen-bond donors (Lipinski definition) is 2. The van der Waals surface area contributed by atoms with Gasteiger partial charge in [-0.25, -0.2) is 0 Å². The third-order valence-corrected chi connectivity index (χ3v) is 3.75. The highest BCUT2D eigenvalue weighted by atomic mass is 16.5. The molecule has 0 saturated heterocycles. The molecule has 0 aliphatic heterocycles. The summed E-state index contributed by atoms with van der Waals surface area (Å²) in [5, 5.41) is 0. The van der Waals surface area contributed by atoms with Crippen molar-refractivity contribution in [2.24, 2.45) is 5.84 Å². The number of nitrogens with two attached hydrogens (primary N) is 1. The van der Waals surface area contributed by atoms with Crippen molar-refractivity contribution in [3.8, 4) is 5.75 Å². The van der Waals surface area contributed by atoms with E-state index in [-0.39, 0.29) is 12.1 Å². The van der Waals surface area contributed by atoms with Crippen molar-refractivity contribution in [3.63, 3.8) is 0 Å². The van der Waals surface area contributed by atoms with Crippen LogP contribution >= 0.6 is 0 Å². The average molecular weight is 281 g/mol. The lowest BCUT2D eigenvalue weighted by Crippen LogP contribution is -2.37. The molecule has 0 fully saturated rings. The maximum Gasteiger partial charge on any atom is 0.128 e. The van der Waals surface area contributed by atoms with Gasteiger partial charge in [0.15, 0.2) is 0 Å². The van der Waals surface area contributed by atoms with Gasteiger partial charge in [-0.3, -0.25) is 16.3 Å². The number of rotatable bonds is 8. The third-order valence-electron chi connectivity index (χ3n) is 3.75. The summed E-state index contributed by atoms with van der Waals surface area (Å²) in [7, 11) is 3.42. The Balaban J connectivity index is 2.75. The monoisotopic (exact) mass is 281 g/mol. The molecule has 1 aromatic heterocycles. The van der Waals surface area contributed by atoms with Gasteiger partial charge >= 0.3 is 0 Å². The molecule has 1 heterocycles. The van der Waals surface area contributed by atoms with Gasteiger partial charge in [0, 0.05) is 42.6 Å². The summed E-state index contributed by atoms with van der Waals surface area (Å²) in [6, 6.07) is 0.186. The first kappa shape index (κ1) is 16.9. The summed E-state index contributed by atoms with van der Waals surface area (Å²) >= 11 is 0. The van der Waals surface area contributed by atoms with Gasteiger partial charge in [0.2, 0.25) is 0 Å². The van der Waals surface area contributed by atoms with Crippen LogP contribution in [-0.2, 0) is 11.2 Å². The maximum absolute atomic E-state index is 5.65. The molecule has 0 amide bonds. The Morgan fingerprint density at radius 1 is 1.30 bits per heavy atom. The van der Waals surface area contributed by atoms with Gasteiger partial charge < -0.3 is 9.47 Å². The van der Waals surface area contributed by atoms with Gasteiger partial charge in [-0.2, -0.15) is 0 Å². The molecule has 2 atom stereocenters. The second-order valence-corrected chi connectivity index (χ2v) is 5.24. The van der Waals surface area contributed by atoms with E-state index in [0.717, 1.165) is 41.8 Å². The van der Waals surface area contributed by atoms with Gasteiger partial charge in [-0.05, 0) is 33.6 Å². The molecule has 20 heavy (non-hydrogen) atoms. The van der Waals surface area contributed by atoms with Crippen molar-refractivity contribution in [1.29, 1.82) is 0 Å². The minimum Gasteiger partial charge on any atom is -0.496 e. The van der Waals surface area contributed by atoms with Crippen LogP contribution in [0.5, 0.6) is 5.75 Å². The fourth-order valence-corrected chi connectivity index (χ4v) is 2.31. The number of aryl methyl sites for hydroxylation is 1. The molecule has 0 spiro atoms. The third kappa shape index (κ3) is 4.44. The summed E-state index contributed by atoms with van der Waals surface area (Å²) in [5.74, 6) is 6.56. The van der Waals surface area contributed by atoms with Crippen LogP contribution < -0.4 is 16.0 Å². The van der Waals surface area contributed by atoms with Crippen LogP contribution in [0.1, 0.15) is 36.6 Å². The predicted octanol–water partition coefficient (Wildman–Crippen LogP) is 1.90. The second-order valence-electron chi connectivity index (χ2n) is 5.24. The number of hydrazine groups is 1. The largest absolute Gasteiger partial charge is 0.496 e. The van der Waals surface area contributed by atoms with E-state index in [9.17, 15) is 0 Å². The van der Waals surface area contributed by atoms with Crippen molar-refractivity contribution >= 4 is 0 Å². The SMILES string of the molecule is COc1c(C)cnc(CC(CCC(C)OC)NN)c1C. The summed E-state index contributed by atoms with van der Waals surface area (Å²) in [4.78, 5) is 4.51. The average Bonchev–Trinajstić information content (AvgIpc) is 2.45. The van der Waals surface area contributed by atoms with Gasteiger partial charge in [0.1, 0.15) is 5.75 Å². The lowest BCUT2D eigenvalue weighted by molar-refractivity contribution is 0.106. The second kappa shape index (κ2) is 8.19. The minimum absolute atomic E-state index is 0.186. The summed E-state index contributed by atoms with van der Waals surface area (Å²) in [5.41, 5.74) is 6.05. The first-order valence-electron chi connectivity index (χ1n) is 7.01. The Kier molecular flexibility index (Phi) is 6.91. The smallest absolute Gasteiger partial charge is 0.128 e. The molecule has 5 heteroatoms. The Morgan fingerprint density at radius 3 is 2.55 bits per heavy atom. The first-order chi connectivity index (χ1) is 9.53. The van der Waals surface area contributed by atoms with Crippen molar-refractivity contribution in [3.05, 3.63) is 23.0 Å². The number of nitrogens with zero attached hydrogens (tertiary/aromatic N) is 1. The molecule has 2 unspecified atom stereocenters. The minimum atomic E-state index is 0.186. The highest BCUT2D eigenvalue weighted by Crippen LogP contribution is 2.25. The number of pyridine rings is 1. The Morgan fingerprint density at radius 2 is 2.00 bits per heavy atom. The fourth-order valence-electron chi connectivity index (χ4n) is 2.31. The van der Waals surface area contributed by atoms with E-state index in [1.807, 2.05) is 20.0 Å². The lowest BCUT2D eigenvalue weighted by Gasteiger charge is -2.19. The Bertz CT molecular complexity index is 424. The number of hydrogen-bond acceptors (Lipinski definition) is 5. The van der Waals surface area contributed by atoms with E-state index in [1.165, 1.54) is 0 Å². The normalized spacial score (nSPS) is 14.1. The van der Waals surface area contributed by atoms with Gasteiger partial charge in [-0.1, -0.05) is 0 Å². The van der Waals surface area contributed by atoms with Gasteiger partial charge in [-0.15, -0.1) is 0 Å². The molecular weight excluding hydrogens is 254 g/mol. The molecule has 114 valence electrons. The van der Waals surface area contributed by atoms with E-state index in [2.05, 4.69) is 17.3 Å². The zero-order valence-electron chi connectivity index (χ0n) is 13.2. The molecule has 0 aromatic carbocycles. The van der Waals surface area contributed by atoms with Gasteiger partial charge in [0.05, 0.1) is 13.2 Å². The number of methoxy groups -OCH3 is 2. The zero-order valence-corrected chi connectivity index (χ0v) is 13.2. The van der Waals surface area contributed by atoms with E-state index in [0.29, 0.717) is 0 Å². The Hall–Kier alpha value is -1.17. The van der Waals surface area contributed by atoms with Crippen LogP contribution in [0, 0.1) is 13.8 Å². The number of ether oxygens (including phenoxy) is 2. The molecule has 0 aliphatic carbocycles. The summed E-state index contributed by atoms with van der Waals surface area (Å²) in [6.07, 6.45) is 4.80. The summed E-state index contributed by atoms with van der Waals surface area (Å²) < 4.78 is 10.7. The highest BCUT2D eigenvalue weighted by molar-refractivity contribution is 5.41. The molecule has 3 N–H and O–H groups in total. The molecular formula is C15H27N3O2. The van der Waals surface area contributed by atoms with E-state index >= 15 is 0 Å². The molecule has 0 aliphatic rings. The number of aromatic nitrogens is 1. The topological polar surface area (TPSA) is 69.4 Å². The maximum atomic E-state index is 5.65. The van der Waals surface area contributed by atoms with Crippen LogP contribution in [-0.4, -0.2) is 31.3 Å². The van der Waals surface area contributed by atoms with Crippen LogP contribution in [0.15, 0.2) is 6.20 Å². The molecule has 1 rings (SSSR count). The Labute approximate surface area is 121 Å². The van der Waals surface area contributed by atoms with Crippen LogP contribution in [0.2, 0.25) is 0 Å². The van der Waals surface area contributed by atoms with Crippen molar-refractivity contribution in [1.82, 2.24) is 10.4 Å². The van der Waals surface area contributed by atoms with Crippen LogP contribution in [0.4, 0.5) is 0 Å². The molecule has 0 bridgehead atoms. The zero-order chi connectivity index (χ0) is 15.1. The standard InChI is InChI=1S/C15H27N3O2/c1-10-9-17-14(12(3)15(10)20-5)8-13(18-16)7-6-11(2)19-4/h9,11,13,18H,6-8,16H2,1-5H3.